The van der Waals surface area contributed by atoms with E-state index in [1.807, 2.05) is 6.92 Å². The Hall–Kier alpha value is -1.59. The number of nitrogens with one attached hydrogen (secondary N) is 2. The maximum Gasteiger partial charge on any atom is 0.322 e. The Kier molecular flexibility index (Phi) is 3.38. The van der Waals surface area contributed by atoms with E-state index in [1.54, 1.807) is 7.11 Å². The lowest BCUT2D eigenvalue weighted by Crippen LogP contribution is -2.28. The van der Waals surface area contributed by atoms with Gasteiger partial charge in [-0.3, -0.25) is 0 Å². The normalized spacial score (nSPS) is 15.4. The third-order valence-electron chi connectivity index (χ3n) is 2.57. The van der Waals surface area contributed by atoms with E-state index in [-0.39, 0.29) is 0 Å². The predicted octanol–water partition coefficient (Wildman–Crippen LogP) is 1.28. The van der Waals surface area contributed by atoms with Crippen LogP contribution in [0.25, 0.3) is 0 Å². The second-order valence-electron chi connectivity index (χ2n) is 3.77. The van der Waals surface area contributed by atoms with Crippen LogP contribution in [-0.4, -0.2) is 34.6 Å². The van der Waals surface area contributed by atoms with Gasteiger partial charge >= 0.3 is 6.01 Å². The molecule has 0 radical (unpaired) electrons. The van der Waals surface area contributed by atoms with Gasteiger partial charge in [0, 0.05) is 12.6 Å². The van der Waals surface area contributed by atoms with E-state index in [0.29, 0.717) is 23.9 Å². The first kappa shape index (κ1) is 10.9. The lowest BCUT2D eigenvalue weighted by molar-refractivity contribution is 0.378. The van der Waals surface area contributed by atoms with Crippen LogP contribution in [0.1, 0.15) is 26.2 Å². The van der Waals surface area contributed by atoms with Crippen molar-refractivity contribution < 1.29 is 4.74 Å². The zero-order valence-electron chi connectivity index (χ0n) is 9.66. The van der Waals surface area contributed by atoms with Crippen LogP contribution in [0.15, 0.2) is 0 Å². The average Bonchev–Trinajstić information content (AvgIpc) is 2.24. The minimum Gasteiger partial charge on any atom is -0.467 e. The Morgan fingerprint density at radius 3 is 2.56 bits per heavy atom. The molecule has 88 valence electrons. The Balaban J connectivity index is 2.11. The quantitative estimate of drug-likeness (QED) is 0.783. The van der Waals surface area contributed by atoms with E-state index in [1.165, 1.54) is 19.3 Å². The molecule has 6 nitrogen and oxygen atoms in total. The van der Waals surface area contributed by atoms with Crippen molar-refractivity contribution in [2.45, 2.75) is 32.2 Å². The molecule has 2 N–H and O–H groups in total. The van der Waals surface area contributed by atoms with Crippen LogP contribution in [-0.2, 0) is 0 Å². The summed E-state index contributed by atoms with van der Waals surface area (Å²) in [6, 6.07) is 0.842. The van der Waals surface area contributed by atoms with Crippen molar-refractivity contribution in [3.63, 3.8) is 0 Å². The Labute approximate surface area is 94.9 Å². The molecule has 0 spiro atoms. The molecule has 0 aliphatic heterocycles. The van der Waals surface area contributed by atoms with E-state index in [0.717, 1.165) is 6.54 Å². The number of nitrogens with zero attached hydrogens (tertiary/aromatic N) is 3. The monoisotopic (exact) mass is 223 g/mol. The second-order valence-corrected chi connectivity index (χ2v) is 3.77. The number of rotatable bonds is 5. The Morgan fingerprint density at radius 1 is 1.25 bits per heavy atom. The number of ether oxygens (including phenoxy) is 1. The molecule has 0 unspecified atom stereocenters. The summed E-state index contributed by atoms with van der Waals surface area (Å²) < 4.78 is 5.03. The highest BCUT2D eigenvalue weighted by Crippen LogP contribution is 2.22. The van der Waals surface area contributed by atoms with Crippen molar-refractivity contribution in [1.82, 2.24) is 15.0 Å². The van der Waals surface area contributed by atoms with Gasteiger partial charge in [-0.1, -0.05) is 0 Å². The molecule has 1 aromatic heterocycles. The molecule has 1 fully saturated rings. The number of hydrogen-bond donors (Lipinski definition) is 2. The molecule has 0 bridgehead atoms. The van der Waals surface area contributed by atoms with Gasteiger partial charge in [0.25, 0.3) is 0 Å². The lowest BCUT2D eigenvalue weighted by atomic mass is 9.93. The van der Waals surface area contributed by atoms with E-state index >= 15 is 0 Å². The van der Waals surface area contributed by atoms with Crippen LogP contribution >= 0.6 is 0 Å². The van der Waals surface area contributed by atoms with Gasteiger partial charge in [-0.05, 0) is 26.2 Å². The fraction of sp³-hybridized carbons (Fsp3) is 0.700. The van der Waals surface area contributed by atoms with Crippen LogP contribution < -0.4 is 15.4 Å². The molecule has 2 rings (SSSR count). The van der Waals surface area contributed by atoms with E-state index in [9.17, 15) is 0 Å². The number of methoxy groups -OCH3 is 1. The van der Waals surface area contributed by atoms with Gasteiger partial charge in [0.05, 0.1) is 7.11 Å². The SMILES string of the molecule is CCNc1nc(NC2CCC2)nc(OC)n1. The maximum absolute atomic E-state index is 5.03. The van der Waals surface area contributed by atoms with Gasteiger partial charge < -0.3 is 15.4 Å². The molecule has 1 aliphatic carbocycles. The summed E-state index contributed by atoms with van der Waals surface area (Å²) in [7, 11) is 1.55. The highest BCUT2D eigenvalue weighted by molar-refractivity contribution is 5.36. The largest absolute Gasteiger partial charge is 0.467 e. The highest BCUT2D eigenvalue weighted by atomic mass is 16.5. The molecule has 16 heavy (non-hydrogen) atoms. The van der Waals surface area contributed by atoms with Crippen LogP contribution in [0.2, 0.25) is 0 Å². The van der Waals surface area contributed by atoms with Crippen molar-refractivity contribution in [2.24, 2.45) is 0 Å². The first-order valence-corrected chi connectivity index (χ1v) is 5.62. The second kappa shape index (κ2) is 4.96. The molecular weight excluding hydrogens is 206 g/mol. The number of aromatic nitrogens is 3. The smallest absolute Gasteiger partial charge is 0.322 e. The fourth-order valence-corrected chi connectivity index (χ4v) is 1.48. The fourth-order valence-electron chi connectivity index (χ4n) is 1.48. The summed E-state index contributed by atoms with van der Waals surface area (Å²) in [5, 5.41) is 6.32. The highest BCUT2D eigenvalue weighted by Gasteiger charge is 2.18. The van der Waals surface area contributed by atoms with Crippen LogP contribution in [0, 0.1) is 0 Å². The van der Waals surface area contributed by atoms with E-state index < -0.39 is 0 Å². The zero-order valence-corrected chi connectivity index (χ0v) is 9.66. The van der Waals surface area contributed by atoms with Crippen molar-refractivity contribution in [2.75, 3.05) is 24.3 Å². The third kappa shape index (κ3) is 2.50. The molecule has 0 aromatic carbocycles. The first-order chi connectivity index (χ1) is 7.81. The molecule has 1 aliphatic rings. The summed E-state index contributed by atoms with van der Waals surface area (Å²) in [5.74, 6) is 1.14. The number of hydrogen-bond acceptors (Lipinski definition) is 6. The number of anilines is 2. The van der Waals surface area contributed by atoms with Crippen LogP contribution in [0.3, 0.4) is 0 Å². The summed E-state index contributed by atoms with van der Waals surface area (Å²) in [6.07, 6.45) is 3.65. The molecule has 0 amide bonds. The molecule has 1 heterocycles. The minimum atomic E-state index is 0.341. The van der Waals surface area contributed by atoms with E-state index in [2.05, 4.69) is 25.6 Å². The van der Waals surface area contributed by atoms with Gasteiger partial charge in [-0.2, -0.15) is 15.0 Å². The standard InChI is InChI=1S/C10H17N5O/c1-3-11-8-13-9(12-7-5-4-6-7)15-10(14-8)16-2/h7H,3-6H2,1-2H3,(H2,11,12,13,14,15). The minimum absolute atomic E-state index is 0.341. The topological polar surface area (TPSA) is 72.0 Å². The van der Waals surface area contributed by atoms with Gasteiger partial charge in [-0.25, -0.2) is 0 Å². The lowest BCUT2D eigenvalue weighted by Gasteiger charge is -2.26. The van der Waals surface area contributed by atoms with E-state index in [4.69, 9.17) is 4.74 Å². The molecular formula is C10H17N5O. The van der Waals surface area contributed by atoms with Gasteiger partial charge in [-0.15, -0.1) is 0 Å². The van der Waals surface area contributed by atoms with Crippen molar-refractivity contribution >= 4 is 11.9 Å². The molecule has 6 heteroatoms. The van der Waals surface area contributed by atoms with Gasteiger partial charge in [0.2, 0.25) is 11.9 Å². The van der Waals surface area contributed by atoms with Crippen molar-refractivity contribution in [1.29, 1.82) is 0 Å². The average molecular weight is 223 g/mol. The van der Waals surface area contributed by atoms with Crippen molar-refractivity contribution in [3.8, 4) is 6.01 Å². The summed E-state index contributed by atoms with van der Waals surface area (Å²) in [6.45, 7) is 2.77. The predicted molar refractivity (Wildman–Crippen MR) is 61.8 cm³/mol. The molecule has 1 saturated carbocycles. The third-order valence-corrected chi connectivity index (χ3v) is 2.57. The van der Waals surface area contributed by atoms with Gasteiger partial charge in [0.1, 0.15) is 0 Å². The molecule has 0 saturated heterocycles. The molecule has 0 atom stereocenters. The van der Waals surface area contributed by atoms with Crippen LogP contribution in [0.4, 0.5) is 11.9 Å². The summed E-state index contributed by atoms with van der Waals surface area (Å²) in [5.41, 5.74) is 0. The molecule has 1 aromatic rings. The van der Waals surface area contributed by atoms with Crippen LogP contribution in [0.5, 0.6) is 6.01 Å². The zero-order chi connectivity index (χ0) is 11.4. The summed E-state index contributed by atoms with van der Waals surface area (Å²) >= 11 is 0. The Bertz CT molecular complexity index is 353. The maximum atomic E-state index is 5.03. The summed E-state index contributed by atoms with van der Waals surface area (Å²) in [4.78, 5) is 12.5. The Morgan fingerprint density at radius 2 is 2.00 bits per heavy atom. The first-order valence-electron chi connectivity index (χ1n) is 5.62. The van der Waals surface area contributed by atoms with Gasteiger partial charge in [0.15, 0.2) is 0 Å². The van der Waals surface area contributed by atoms with Crippen molar-refractivity contribution in [3.05, 3.63) is 0 Å².